The standard InChI is InChI=1S/C12H17NO2S/c14-6-2-5-12(15)13-8-10-7-9-3-1-4-11(9)16-10/h7,14H,1-6,8H2,(H,13,15). The Morgan fingerprint density at radius 1 is 1.50 bits per heavy atom. The van der Waals surface area contributed by atoms with Crippen molar-refractivity contribution >= 4 is 17.2 Å². The van der Waals surface area contributed by atoms with E-state index < -0.39 is 0 Å². The first-order valence-electron chi connectivity index (χ1n) is 5.77. The minimum absolute atomic E-state index is 0.0302. The fraction of sp³-hybridized carbons (Fsp3) is 0.583. The molecule has 0 bridgehead atoms. The number of nitrogens with one attached hydrogen (secondary N) is 1. The van der Waals surface area contributed by atoms with Gasteiger partial charge in [-0.3, -0.25) is 4.79 Å². The van der Waals surface area contributed by atoms with Gasteiger partial charge in [-0.15, -0.1) is 11.3 Å². The highest BCUT2D eigenvalue weighted by atomic mass is 32.1. The van der Waals surface area contributed by atoms with E-state index in [1.807, 2.05) is 11.3 Å². The van der Waals surface area contributed by atoms with Gasteiger partial charge < -0.3 is 10.4 Å². The summed E-state index contributed by atoms with van der Waals surface area (Å²) in [5, 5.41) is 11.5. The highest BCUT2D eigenvalue weighted by Crippen LogP contribution is 2.30. The van der Waals surface area contributed by atoms with Crippen molar-refractivity contribution in [2.75, 3.05) is 6.61 Å². The highest BCUT2D eigenvalue weighted by Gasteiger charge is 2.14. The Labute approximate surface area is 99.5 Å². The van der Waals surface area contributed by atoms with Gasteiger partial charge in [-0.1, -0.05) is 0 Å². The van der Waals surface area contributed by atoms with Crippen LogP contribution >= 0.6 is 11.3 Å². The maximum Gasteiger partial charge on any atom is 0.220 e. The molecule has 1 aliphatic rings. The summed E-state index contributed by atoms with van der Waals surface area (Å²) in [5.41, 5.74) is 1.48. The van der Waals surface area contributed by atoms with Crippen LogP contribution in [0.15, 0.2) is 6.07 Å². The Hall–Kier alpha value is -0.870. The first kappa shape index (κ1) is 11.6. The van der Waals surface area contributed by atoms with E-state index in [1.54, 1.807) is 0 Å². The van der Waals surface area contributed by atoms with Crippen LogP contribution in [0.25, 0.3) is 0 Å². The van der Waals surface area contributed by atoms with E-state index >= 15 is 0 Å². The Morgan fingerprint density at radius 2 is 2.38 bits per heavy atom. The normalized spacial score (nSPS) is 13.8. The van der Waals surface area contributed by atoms with Gasteiger partial charge in [0, 0.05) is 22.8 Å². The largest absolute Gasteiger partial charge is 0.396 e. The first-order chi connectivity index (χ1) is 7.79. The molecule has 0 radical (unpaired) electrons. The Morgan fingerprint density at radius 3 is 3.12 bits per heavy atom. The molecule has 0 spiro atoms. The third-order valence-electron chi connectivity index (χ3n) is 2.82. The summed E-state index contributed by atoms with van der Waals surface area (Å²) in [4.78, 5) is 14.1. The molecule has 1 heterocycles. The average molecular weight is 239 g/mol. The molecule has 2 N–H and O–H groups in total. The molecule has 0 atom stereocenters. The number of hydrogen-bond donors (Lipinski definition) is 2. The number of aliphatic hydroxyl groups excluding tert-OH is 1. The van der Waals surface area contributed by atoms with Gasteiger partial charge in [0.1, 0.15) is 0 Å². The van der Waals surface area contributed by atoms with E-state index in [4.69, 9.17) is 5.11 Å². The Kier molecular flexibility index (Phi) is 3.96. The average Bonchev–Trinajstić information content (AvgIpc) is 2.83. The lowest BCUT2D eigenvalue weighted by Gasteiger charge is -2.02. The molecule has 0 saturated carbocycles. The second-order valence-electron chi connectivity index (χ2n) is 4.12. The van der Waals surface area contributed by atoms with Crippen LogP contribution in [0.2, 0.25) is 0 Å². The van der Waals surface area contributed by atoms with Crippen molar-refractivity contribution < 1.29 is 9.90 Å². The summed E-state index contributed by atoms with van der Waals surface area (Å²) in [5.74, 6) is 0.0302. The molecule has 0 aromatic carbocycles. The molecule has 0 saturated heterocycles. The number of aliphatic hydroxyl groups is 1. The molecule has 1 aromatic rings. The quantitative estimate of drug-likeness (QED) is 0.820. The summed E-state index contributed by atoms with van der Waals surface area (Å²) in [6.45, 7) is 0.725. The molecular weight excluding hydrogens is 222 g/mol. The number of fused-ring (bicyclic) bond motifs is 1. The first-order valence-corrected chi connectivity index (χ1v) is 6.59. The number of rotatable bonds is 5. The van der Waals surface area contributed by atoms with Gasteiger partial charge in [-0.25, -0.2) is 0 Å². The molecule has 1 amide bonds. The maximum atomic E-state index is 11.3. The zero-order valence-electron chi connectivity index (χ0n) is 9.29. The Bertz CT molecular complexity index is 352. The summed E-state index contributed by atoms with van der Waals surface area (Å²) in [6.07, 6.45) is 4.65. The van der Waals surface area contributed by atoms with Crippen molar-refractivity contribution in [3.8, 4) is 0 Å². The van der Waals surface area contributed by atoms with Gasteiger partial charge >= 0.3 is 0 Å². The molecule has 2 rings (SSSR count). The predicted octanol–water partition coefficient (Wildman–Crippen LogP) is 1.63. The second-order valence-corrected chi connectivity index (χ2v) is 5.34. The number of carbonyl (C=O) groups is 1. The molecule has 0 unspecified atom stereocenters. The third kappa shape index (κ3) is 2.83. The summed E-state index contributed by atoms with van der Waals surface area (Å²) in [7, 11) is 0. The van der Waals surface area contributed by atoms with E-state index in [0.717, 1.165) is 0 Å². The van der Waals surface area contributed by atoms with Crippen LogP contribution in [-0.2, 0) is 24.2 Å². The van der Waals surface area contributed by atoms with E-state index in [2.05, 4.69) is 11.4 Å². The van der Waals surface area contributed by atoms with Gasteiger partial charge in [-0.05, 0) is 37.3 Å². The van der Waals surface area contributed by atoms with Gasteiger partial charge in [0.05, 0.1) is 6.54 Å². The maximum absolute atomic E-state index is 11.3. The van der Waals surface area contributed by atoms with Crippen molar-refractivity contribution in [1.82, 2.24) is 5.32 Å². The smallest absolute Gasteiger partial charge is 0.220 e. The van der Waals surface area contributed by atoms with Crippen molar-refractivity contribution in [2.24, 2.45) is 0 Å². The molecular formula is C12H17NO2S. The monoisotopic (exact) mass is 239 g/mol. The van der Waals surface area contributed by atoms with Gasteiger partial charge in [0.15, 0.2) is 0 Å². The van der Waals surface area contributed by atoms with E-state index in [1.165, 1.54) is 34.6 Å². The number of thiophene rings is 1. The Balaban J connectivity index is 1.79. The van der Waals surface area contributed by atoms with Crippen LogP contribution in [0.5, 0.6) is 0 Å². The second kappa shape index (κ2) is 5.46. The fourth-order valence-electron chi connectivity index (χ4n) is 1.99. The lowest BCUT2D eigenvalue weighted by Crippen LogP contribution is -2.22. The van der Waals surface area contributed by atoms with Crippen LogP contribution < -0.4 is 5.32 Å². The molecule has 4 heteroatoms. The van der Waals surface area contributed by atoms with Crippen molar-refractivity contribution in [3.63, 3.8) is 0 Å². The van der Waals surface area contributed by atoms with Gasteiger partial charge in [0.25, 0.3) is 0 Å². The molecule has 88 valence electrons. The highest BCUT2D eigenvalue weighted by molar-refractivity contribution is 7.12. The lowest BCUT2D eigenvalue weighted by atomic mass is 10.2. The van der Waals surface area contributed by atoms with Crippen LogP contribution in [0.4, 0.5) is 0 Å². The minimum atomic E-state index is 0.0302. The van der Waals surface area contributed by atoms with E-state index in [0.29, 0.717) is 19.4 Å². The molecule has 16 heavy (non-hydrogen) atoms. The van der Waals surface area contributed by atoms with E-state index in [-0.39, 0.29) is 12.5 Å². The van der Waals surface area contributed by atoms with Crippen LogP contribution in [0, 0.1) is 0 Å². The van der Waals surface area contributed by atoms with Crippen LogP contribution in [0.1, 0.15) is 34.6 Å². The minimum Gasteiger partial charge on any atom is -0.396 e. The number of aryl methyl sites for hydroxylation is 2. The molecule has 0 fully saturated rings. The zero-order valence-corrected chi connectivity index (χ0v) is 10.1. The summed E-state index contributed by atoms with van der Waals surface area (Å²) >= 11 is 1.82. The summed E-state index contributed by atoms with van der Waals surface area (Å²) in [6, 6.07) is 2.22. The number of carbonyl (C=O) groups excluding carboxylic acids is 1. The van der Waals surface area contributed by atoms with Crippen LogP contribution in [0.3, 0.4) is 0 Å². The number of amides is 1. The molecule has 1 aliphatic carbocycles. The summed E-state index contributed by atoms with van der Waals surface area (Å²) < 4.78 is 0. The zero-order chi connectivity index (χ0) is 11.4. The van der Waals surface area contributed by atoms with Crippen molar-refractivity contribution in [1.29, 1.82) is 0 Å². The third-order valence-corrected chi connectivity index (χ3v) is 4.06. The fourth-order valence-corrected chi connectivity index (χ4v) is 3.19. The van der Waals surface area contributed by atoms with Gasteiger partial charge in [0.2, 0.25) is 5.91 Å². The molecule has 3 nitrogen and oxygen atoms in total. The van der Waals surface area contributed by atoms with Gasteiger partial charge in [-0.2, -0.15) is 0 Å². The van der Waals surface area contributed by atoms with Crippen molar-refractivity contribution in [2.45, 2.75) is 38.6 Å². The molecule has 1 aromatic heterocycles. The SMILES string of the molecule is O=C(CCCO)NCc1cc2c(s1)CCC2. The number of hydrogen-bond acceptors (Lipinski definition) is 3. The van der Waals surface area contributed by atoms with Crippen molar-refractivity contribution in [3.05, 3.63) is 21.4 Å². The predicted molar refractivity (Wildman–Crippen MR) is 64.5 cm³/mol. The lowest BCUT2D eigenvalue weighted by molar-refractivity contribution is -0.121. The molecule has 0 aliphatic heterocycles. The topological polar surface area (TPSA) is 49.3 Å². The van der Waals surface area contributed by atoms with Crippen LogP contribution in [-0.4, -0.2) is 17.6 Å². The van der Waals surface area contributed by atoms with E-state index in [9.17, 15) is 4.79 Å².